The zero-order valence-electron chi connectivity index (χ0n) is 11.6. The van der Waals surface area contributed by atoms with Crippen molar-refractivity contribution in [1.29, 1.82) is 5.26 Å². The topological polar surface area (TPSA) is 108 Å². The molecule has 7 nitrogen and oxygen atoms in total. The normalized spacial score (nSPS) is 9.59. The van der Waals surface area contributed by atoms with Crippen molar-refractivity contribution in [3.05, 3.63) is 54.1 Å². The first-order valence-electron chi connectivity index (χ1n) is 6.49. The van der Waals surface area contributed by atoms with Crippen molar-refractivity contribution >= 4 is 17.5 Å². The molecule has 0 bridgehead atoms. The molecule has 2 amide bonds. The summed E-state index contributed by atoms with van der Waals surface area (Å²) in [5.74, 6) is -0.699. The summed E-state index contributed by atoms with van der Waals surface area (Å²) in [6.07, 6.45) is 4.12. The van der Waals surface area contributed by atoms with E-state index in [1.54, 1.807) is 24.3 Å². The van der Waals surface area contributed by atoms with Crippen molar-refractivity contribution in [2.75, 3.05) is 5.32 Å². The van der Waals surface area contributed by atoms with Crippen molar-refractivity contribution in [1.82, 2.24) is 15.3 Å². The molecule has 0 spiro atoms. The zero-order chi connectivity index (χ0) is 15.8. The van der Waals surface area contributed by atoms with Gasteiger partial charge in [0.15, 0.2) is 0 Å². The second kappa shape index (κ2) is 7.50. The van der Waals surface area contributed by atoms with Gasteiger partial charge >= 0.3 is 0 Å². The lowest BCUT2D eigenvalue weighted by atomic mass is 10.2. The van der Waals surface area contributed by atoms with Gasteiger partial charge in [-0.1, -0.05) is 12.1 Å². The Labute approximate surface area is 127 Å². The smallest absolute Gasteiger partial charge is 0.271 e. The molecule has 2 rings (SSSR count). The molecule has 1 aromatic heterocycles. The molecule has 1 aromatic carbocycles. The van der Waals surface area contributed by atoms with Gasteiger partial charge in [0.2, 0.25) is 5.91 Å². The first-order valence-corrected chi connectivity index (χ1v) is 6.49. The second-order valence-electron chi connectivity index (χ2n) is 4.36. The lowest BCUT2D eigenvalue weighted by Crippen LogP contribution is -2.24. The Bertz CT molecular complexity index is 709. The van der Waals surface area contributed by atoms with Crippen molar-refractivity contribution in [2.24, 2.45) is 0 Å². The molecular formula is C15H13N5O2. The van der Waals surface area contributed by atoms with Crippen molar-refractivity contribution in [3.63, 3.8) is 0 Å². The van der Waals surface area contributed by atoms with Crippen LogP contribution in [0.4, 0.5) is 5.69 Å². The maximum absolute atomic E-state index is 11.8. The van der Waals surface area contributed by atoms with E-state index in [0.717, 1.165) is 5.56 Å². The summed E-state index contributed by atoms with van der Waals surface area (Å²) in [5, 5.41) is 13.8. The van der Waals surface area contributed by atoms with Crippen LogP contribution in [-0.4, -0.2) is 21.8 Å². The summed E-state index contributed by atoms with van der Waals surface area (Å²) in [6, 6.07) is 8.79. The fraction of sp³-hybridized carbons (Fsp3) is 0.133. The Morgan fingerprint density at radius 1 is 1.27 bits per heavy atom. The minimum Gasteiger partial charge on any atom is -0.347 e. The van der Waals surface area contributed by atoms with Gasteiger partial charge in [-0.15, -0.1) is 0 Å². The van der Waals surface area contributed by atoms with Crippen molar-refractivity contribution in [3.8, 4) is 6.07 Å². The van der Waals surface area contributed by atoms with E-state index in [1.165, 1.54) is 18.6 Å². The van der Waals surface area contributed by atoms with Crippen LogP contribution >= 0.6 is 0 Å². The number of nitriles is 1. The Morgan fingerprint density at radius 2 is 2.14 bits per heavy atom. The monoisotopic (exact) mass is 295 g/mol. The molecule has 0 fully saturated rings. The van der Waals surface area contributed by atoms with E-state index in [4.69, 9.17) is 5.26 Å². The van der Waals surface area contributed by atoms with Crippen molar-refractivity contribution in [2.45, 2.75) is 13.0 Å². The average Bonchev–Trinajstić information content (AvgIpc) is 2.54. The largest absolute Gasteiger partial charge is 0.347 e. The van der Waals surface area contributed by atoms with Gasteiger partial charge in [0.1, 0.15) is 12.1 Å². The predicted octanol–water partition coefficient (Wildman–Crippen LogP) is 1.26. The van der Waals surface area contributed by atoms with Crippen LogP contribution in [0.2, 0.25) is 0 Å². The van der Waals surface area contributed by atoms with Gasteiger partial charge in [-0.3, -0.25) is 14.6 Å². The minimum atomic E-state index is -0.372. The number of anilines is 1. The third kappa shape index (κ3) is 4.38. The number of nitrogens with one attached hydrogen (secondary N) is 2. The van der Waals surface area contributed by atoms with Gasteiger partial charge in [-0.25, -0.2) is 4.98 Å². The summed E-state index contributed by atoms with van der Waals surface area (Å²) in [4.78, 5) is 30.9. The minimum absolute atomic E-state index is 0.201. The van der Waals surface area contributed by atoms with Crippen LogP contribution in [0.15, 0.2) is 42.9 Å². The second-order valence-corrected chi connectivity index (χ2v) is 4.36. The number of rotatable bonds is 5. The number of benzene rings is 1. The summed E-state index contributed by atoms with van der Waals surface area (Å²) in [5.41, 5.74) is 1.62. The quantitative estimate of drug-likeness (QED) is 0.863. The van der Waals surface area contributed by atoms with Crippen LogP contribution < -0.4 is 10.6 Å². The molecule has 2 aromatic rings. The van der Waals surface area contributed by atoms with Gasteiger partial charge in [0.05, 0.1) is 12.3 Å². The van der Waals surface area contributed by atoms with E-state index in [-0.39, 0.29) is 30.5 Å². The fourth-order valence-electron chi connectivity index (χ4n) is 1.73. The molecule has 22 heavy (non-hydrogen) atoms. The molecule has 110 valence electrons. The van der Waals surface area contributed by atoms with Crippen LogP contribution in [0.5, 0.6) is 0 Å². The van der Waals surface area contributed by atoms with Gasteiger partial charge in [0, 0.05) is 24.6 Å². The number of hydrogen-bond donors (Lipinski definition) is 2. The molecule has 0 radical (unpaired) electrons. The standard InChI is InChI=1S/C15H13N5O2/c16-5-4-14(21)20-12-3-1-2-11(8-12)9-19-15(22)13-10-17-6-7-18-13/h1-3,6-8,10H,4,9H2,(H,19,22)(H,20,21). The predicted molar refractivity (Wildman–Crippen MR) is 78.5 cm³/mol. The van der Waals surface area contributed by atoms with Crippen LogP contribution in [0.3, 0.4) is 0 Å². The highest BCUT2D eigenvalue weighted by Gasteiger charge is 2.07. The molecule has 0 saturated heterocycles. The first kappa shape index (κ1) is 15.1. The fourth-order valence-corrected chi connectivity index (χ4v) is 1.73. The summed E-state index contributed by atoms with van der Waals surface area (Å²) in [6.45, 7) is 0.289. The molecule has 0 aliphatic rings. The maximum Gasteiger partial charge on any atom is 0.271 e. The summed E-state index contributed by atoms with van der Waals surface area (Å²) >= 11 is 0. The highest BCUT2D eigenvalue weighted by atomic mass is 16.2. The van der Waals surface area contributed by atoms with Crippen LogP contribution in [0.25, 0.3) is 0 Å². The van der Waals surface area contributed by atoms with Crippen LogP contribution in [0.1, 0.15) is 22.5 Å². The highest BCUT2D eigenvalue weighted by Crippen LogP contribution is 2.11. The van der Waals surface area contributed by atoms with E-state index >= 15 is 0 Å². The number of carbonyl (C=O) groups is 2. The SMILES string of the molecule is N#CCC(=O)Nc1cccc(CNC(=O)c2cnccn2)c1. The van der Waals surface area contributed by atoms with E-state index < -0.39 is 0 Å². The number of nitrogens with zero attached hydrogens (tertiary/aromatic N) is 3. The molecule has 0 aliphatic heterocycles. The Morgan fingerprint density at radius 3 is 2.86 bits per heavy atom. The third-order valence-electron chi connectivity index (χ3n) is 2.70. The number of hydrogen-bond acceptors (Lipinski definition) is 5. The third-order valence-corrected chi connectivity index (χ3v) is 2.70. The first-order chi connectivity index (χ1) is 10.7. The number of aromatic nitrogens is 2. The van der Waals surface area contributed by atoms with E-state index in [9.17, 15) is 9.59 Å². The lowest BCUT2D eigenvalue weighted by molar-refractivity contribution is -0.115. The van der Waals surface area contributed by atoms with Crippen LogP contribution in [0, 0.1) is 11.3 Å². The molecular weight excluding hydrogens is 282 g/mol. The lowest BCUT2D eigenvalue weighted by Gasteiger charge is -2.07. The van der Waals surface area contributed by atoms with Gasteiger partial charge in [-0.2, -0.15) is 5.26 Å². The van der Waals surface area contributed by atoms with Gasteiger partial charge in [-0.05, 0) is 17.7 Å². The molecule has 7 heteroatoms. The Hall–Kier alpha value is -3.27. The average molecular weight is 295 g/mol. The van der Waals surface area contributed by atoms with E-state index in [2.05, 4.69) is 20.6 Å². The molecule has 2 N–H and O–H groups in total. The zero-order valence-corrected chi connectivity index (χ0v) is 11.6. The molecule has 1 heterocycles. The summed E-state index contributed by atoms with van der Waals surface area (Å²) in [7, 11) is 0. The molecule has 0 atom stereocenters. The molecule has 0 unspecified atom stereocenters. The van der Waals surface area contributed by atoms with E-state index in [0.29, 0.717) is 5.69 Å². The van der Waals surface area contributed by atoms with Crippen molar-refractivity contribution < 1.29 is 9.59 Å². The number of carbonyl (C=O) groups excluding carboxylic acids is 2. The number of amides is 2. The Kier molecular flexibility index (Phi) is 5.15. The van der Waals surface area contributed by atoms with Gasteiger partial charge in [0.25, 0.3) is 5.91 Å². The molecule has 0 saturated carbocycles. The Balaban J connectivity index is 1.95. The van der Waals surface area contributed by atoms with Gasteiger partial charge < -0.3 is 10.6 Å². The maximum atomic E-state index is 11.8. The van der Waals surface area contributed by atoms with E-state index in [1.807, 2.05) is 6.07 Å². The van der Waals surface area contributed by atoms with Crippen LogP contribution in [-0.2, 0) is 11.3 Å². The summed E-state index contributed by atoms with van der Waals surface area (Å²) < 4.78 is 0. The highest BCUT2D eigenvalue weighted by molar-refractivity contribution is 5.92. The molecule has 0 aliphatic carbocycles.